The van der Waals surface area contributed by atoms with Crippen LogP contribution in [0.25, 0.3) is 0 Å². The standard InChI is InChI=1S/C14H20S2/c1-11(2)10-14(15-12(3)4)16-13-8-6-5-7-9-13/h5-12H,1-4H3/b14-10-. The van der Waals surface area contributed by atoms with Gasteiger partial charge in [-0.3, -0.25) is 0 Å². The van der Waals surface area contributed by atoms with Gasteiger partial charge in [-0.1, -0.05) is 63.7 Å². The zero-order valence-electron chi connectivity index (χ0n) is 10.4. The van der Waals surface area contributed by atoms with E-state index in [1.807, 2.05) is 23.5 Å². The zero-order valence-corrected chi connectivity index (χ0v) is 12.1. The van der Waals surface area contributed by atoms with Gasteiger partial charge in [0.2, 0.25) is 0 Å². The molecule has 0 atom stereocenters. The van der Waals surface area contributed by atoms with Crippen LogP contribution in [0.1, 0.15) is 27.7 Å². The van der Waals surface area contributed by atoms with E-state index in [-0.39, 0.29) is 0 Å². The molecule has 0 spiro atoms. The molecule has 1 rings (SSSR count). The van der Waals surface area contributed by atoms with Gasteiger partial charge in [0, 0.05) is 14.4 Å². The Kier molecular flexibility index (Phi) is 6.07. The molecule has 16 heavy (non-hydrogen) atoms. The van der Waals surface area contributed by atoms with Gasteiger partial charge in [-0.15, -0.1) is 11.8 Å². The van der Waals surface area contributed by atoms with Crippen LogP contribution in [-0.4, -0.2) is 5.25 Å². The highest BCUT2D eigenvalue weighted by molar-refractivity contribution is 8.22. The van der Waals surface area contributed by atoms with Crippen molar-refractivity contribution in [3.05, 3.63) is 40.6 Å². The minimum absolute atomic E-state index is 0.609. The summed E-state index contributed by atoms with van der Waals surface area (Å²) in [6.45, 7) is 8.94. The smallest absolute Gasteiger partial charge is 0.0415 e. The van der Waals surface area contributed by atoms with Crippen molar-refractivity contribution in [2.45, 2.75) is 37.8 Å². The van der Waals surface area contributed by atoms with Gasteiger partial charge in [-0.2, -0.15) is 0 Å². The van der Waals surface area contributed by atoms with E-state index >= 15 is 0 Å². The van der Waals surface area contributed by atoms with E-state index in [9.17, 15) is 0 Å². The van der Waals surface area contributed by atoms with Crippen molar-refractivity contribution in [3.63, 3.8) is 0 Å². The van der Waals surface area contributed by atoms with E-state index in [0.717, 1.165) is 0 Å². The predicted octanol–water partition coefficient (Wildman–Crippen LogP) is 5.42. The summed E-state index contributed by atoms with van der Waals surface area (Å²) in [5, 5.41) is 0.640. The van der Waals surface area contributed by atoms with Crippen LogP contribution in [0.5, 0.6) is 0 Å². The summed E-state index contributed by atoms with van der Waals surface area (Å²) in [5.41, 5.74) is 0. The minimum Gasteiger partial charge on any atom is -0.116 e. The molecule has 0 saturated carbocycles. The monoisotopic (exact) mass is 252 g/mol. The number of rotatable bonds is 5. The van der Waals surface area contributed by atoms with Gasteiger partial charge >= 0.3 is 0 Å². The van der Waals surface area contributed by atoms with E-state index in [2.05, 4.69) is 64.1 Å². The van der Waals surface area contributed by atoms with Crippen LogP contribution < -0.4 is 0 Å². The summed E-state index contributed by atoms with van der Waals surface area (Å²) in [5.74, 6) is 0.609. The summed E-state index contributed by atoms with van der Waals surface area (Å²) < 4.78 is 1.41. The molecule has 0 amide bonds. The molecule has 0 aliphatic carbocycles. The molecule has 0 nitrogen and oxygen atoms in total. The van der Waals surface area contributed by atoms with E-state index < -0.39 is 0 Å². The lowest BCUT2D eigenvalue weighted by molar-refractivity contribution is 0.832. The molecule has 88 valence electrons. The molecule has 0 bridgehead atoms. The fraction of sp³-hybridized carbons (Fsp3) is 0.429. The predicted molar refractivity (Wildman–Crippen MR) is 77.9 cm³/mol. The summed E-state index contributed by atoms with van der Waals surface area (Å²) in [6.07, 6.45) is 2.35. The number of thioether (sulfide) groups is 2. The Morgan fingerprint density at radius 2 is 1.69 bits per heavy atom. The molecule has 0 N–H and O–H groups in total. The first-order valence-electron chi connectivity index (χ1n) is 5.69. The van der Waals surface area contributed by atoms with Gasteiger partial charge in [0.15, 0.2) is 0 Å². The molecule has 0 aliphatic rings. The number of allylic oxidation sites excluding steroid dienone is 1. The lowest BCUT2D eigenvalue weighted by Crippen LogP contribution is -1.88. The average Bonchev–Trinajstić information content (AvgIpc) is 2.16. The number of hydrogen-bond acceptors (Lipinski definition) is 2. The highest BCUT2D eigenvalue weighted by Crippen LogP contribution is 2.37. The molecule has 2 heteroatoms. The molecule has 1 aromatic carbocycles. The second-order valence-corrected chi connectivity index (χ2v) is 7.30. The maximum Gasteiger partial charge on any atom is 0.0415 e. The summed E-state index contributed by atoms with van der Waals surface area (Å²) >= 11 is 3.82. The van der Waals surface area contributed by atoms with Gasteiger partial charge in [-0.25, -0.2) is 0 Å². The first-order valence-corrected chi connectivity index (χ1v) is 7.39. The molecule has 0 radical (unpaired) electrons. The Bertz CT molecular complexity index is 326. The van der Waals surface area contributed by atoms with E-state index in [1.165, 1.54) is 9.13 Å². The van der Waals surface area contributed by atoms with Gasteiger partial charge in [-0.05, 0) is 18.1 Å². The quantitative estimate of drug-likeness (QED) is 0.642. The van der Waals surface area contributed by atoms with Crippen molar-refractivity contribution in [1.29, 1.82) is 0 Å². The van der Waals surface area contributed by atoms with Crippen LogP contribution in [0, 0.1) is 5.92 Å². The SMILES string of the molecule is CC(C)/C=C(\Sc1ccccc1)SC(C)C. The van der Waals surface area contributed by atoms with E-state index in [1.54, 1.807) is 0 Å². The Labute approximate surface area is 108 Å². The molecule has 0 aliphatic heterocycles. The van der Waals surface area contributed by atoms with Gasteiger partial charge in [0.1, 0.15) is 0 Å². The Morgan fingerprint density at radius 3 is 2.19 bits per heavy atom. The molecular formula is C14H20S2. The highest BCUT2D eigenvalue weighted by atomic mass is 32.2. The first-order chi connectivity index (χ1) is 7.58. The van der Waals surface area contributed by atoms with Crippen LogP contribution >= 0.6 is 23.5 Å². The third-order valence-corrected chi connectivity index (χ3v) is 4.01. The van der Waals surface area contributed by atoms with Crippen molar-refractivity contribution in [2.75, 3.05) is 0 Å². The van der Waals surface area contributed by atoms with E-state index in [0.29, 0.717) is 11.2 Å². The highest BCUT2D eigenvalue weighted by Gasteiger charge is 2.05. The van der Waals surface area contributed by atoms with Gasteiger partial charge in [0.05, 0.1) is 0 Å². The van der Waals surface area contributed by atoms with Crippen molar-refractivity contribution < 1.29 is 0 Å². The third kappa shape index (κ3) is 5.66. The maximum atomic E-state index is 2.35. The number of hydrogen-bond donors (Lipinski definition) is 0. The van der Waals surface area contributed by atoms with Crippen LogP contribution in [-0.2, 0) is 0 Å². The van der Waals surface area contributed by atoms with Gasteiger partial charge < -0.3 is 0 Å². The van der Waals surface area contributed by atoms with Crippen LogP contribution in [0.2, 0.25) is 0 Å². The molecule has 0 aromatic heterocycles. The van der Waals surface area contributed by atoms with E-state index in [4.69, 9.17) is 0 Å². The third-order valence-electron chi connectivity index (χ3n) is 1.78. The molecule has 0 heterocycles. The van der Waals surface area contributed by atoms with Crippen LogP contribution in [0.3, 0.4) is 0 Å². The van der Waals surface area contributed by atoms with Crippen molar-refractivity contribution in [3.8, 4) is 0 Å². The fourth-order valence-corrected chi connectivity index (χ4v) is 3.95. The van der Waals surface area contributed by atoms with Crippen molar-refractivity contribution in [1.82, 2.24) is 0 Å². The summed E-state index contributed by atoms with van der Waals surface area (Å²) in [7, 11) is 0. The lowest BCUT2D eigenvalue weighted by atomic mass is 10.2. The topological polar surface area (TPSA) is 0 Å². The van der Waals surface area contributed by atoms with Crippen LogP contribution in [0.15, 0.2) is 45.5 Å². The molecule has 1 aromatic rings. The molecule has 0 unspecified atom stereocenters. The lowest BCUT2D eigenvalue weighted by Gasteiger charge is -2.10. The molecule has 0 saturated heterocycles. The average molecular weight is 252 g/mol. The summed E-state index contributed by atoms with van der Waals surface area (Å²) in [4.78, 5) is 1.32. The molecular weight excluding hydrogens is 232 g/mol. The fourth-order valence-electron chi connectivity index (χ4n) is 1.21. The Morgan fingerprint density at radius 1 is 1.06 bits per heavy atom. The Hall–Kier alpha value is -0.340. The minimum atomic E-state index is 0.609. The maximum absolute atomic E-state index is 2.35. The van der Waals surface area contributed by atoms with Gasteiger partial charge in [0.25, 0.3) is 0 Å². The van der Waals surface area contributed by atoms with Crippen LogP contribution in [0.4, 0.5) is 0 Å². The normalized spacial score (nSPS) is 12.5. The van der Waals surface area contributed by atoms with Crippen molar-refractivity contribution in [2.24, 2.45) is 5.92 Å². The second-order valence-electron chi connectivity index (χ2n) is 4.31. The number of benzene rings is 1. The molecule has 0 fully saturated rings. The first kappa shape index (κ1) is 13.7. The summed E-state index contributed by atoms with van der Waals surface area (Å²) in [6, 6.07) is 10.6. The Balaban J connectivity index is 2.71. The second kappa shape index (κ2) is 7.08. The zero-order chi connectivity index (χ0) is 12.0. The largest absolute Gasteiger partial charge is 0.116 e. The van der Waals surface area contributed by atoms with Crippen molar-refractivity contribution >= 4 is 23.5 Å².